The Morgan fingerprint density at radius 2 is 2.55 bits per heavy atom. The van der Waals surface area contributed by atoms with Crippen LogP contribution in [0.1, 0.15) is 5.56 Å². The molecule has 1 heterocycles. The fraction of sp³-hybridized carbons (Fsp3) is 0.167. The maximum atomic E-state index is 5.18. The molecule has 0 atom stereocenters. The van der Waals surface area contributed by atoms with Crippen LogP contribution in [0.15, 0.2) is 17.5 Å². The minimum Gasteiger partial charge on any atom is -0.308 e. The van der Waals surface area contributed by atoms with Crippen molar-refractivity contribution in [3.63, 3.8) is 0 Å². The molecule has 0 aliphatic carbocycles. The lowest BCUT2D eigenvalue weighted by Gasteiger charge is -1.99. The first-order chi connectivity index (χ1) is 5.38. The van der Waals surface area contributed by atoms with E-state index < -0.39 is 0 Å². The van der Waals surface area contributed by atoms with Crippen LogP contribution >= 0.6 is 0 Å². The molecule has 0 radical (unpaired) electrons. The van der Waals surface area contributed by atoms with E-state index in [2.05, 4.69) is 20.4 Å². The molecule has 1 aromatic rings. The number of hydrogen-bond donors (Lipinski definition) is 2. The number of hydrogen-bond acceptors (Lipinski definition) is 5. The first-order valence-electron chi connectivity index (χ1n) is 3.07. The molecule has 0 fully saturated rings. The van der Waals surface area contributed by atoms with Crippen molar-refractivity contribution >= 4 is 12.0 Å². The van der Waals surface area contributed by atoms with Crippen molar-refractivity contribution in [3.8, 4) is 0 Å². The van der Waals surface area contributed by atoms with E-state index in [4.69, 9.17) is 5.84 Å². The van der Waals surface area contributed by atoms with Gasteiger partial charge in [-0.2, -0.15) is 0 Å². The summed E-state index contributed by atoms with van der Waals surface area (Å²) in [5, 5.41) is 0. The number of nitrogen functional groups attached to an aromatic ring is 1. The van der Waals surface area contributed by atoms with Crippen molar-refractivity contribution in [1.29, 1.82) is 0 Å². The number of aliphatic imine (C=N–C) groups is 1. The number of nitrogens with one attached hydrogen (secondary N) is 1. The van der Waals surface area contributed by atoms with Gasteiger partial charge in [-0.25, -0.2) is 15.8 Å². The molecule has 58 valence electrons. The Balaban J connectivity index is 3.02. The molecule has 0 amide bonds. The Bertz CT molecular complexity index is 257. The Morgan fingerprint density at radius 1 is 1.73 bits per heavy atom. The summed E-state index contributed by atoms with van der Waals surface area (Å²) in [6.45, 7) is 0. The Hall–Kier alpha value is -1.49. The second-order valence-electron chi connectivity index (χ2n) is 1.86. The van der Waals surface area contributed by atoms with Crippen LogP contribution in [0.25, 0.3) is 0 Å². The van der Waals surface area contributed by atoms with Crippen LogP contribution in [-0.4, -0.2) is 23.2 Å². The van der Waals surface area contributed by atoms with Crippen molar-refractivity contribution in [2.75, 3.05) is 12.5 Å². The Morgan fingerprint density at radius 3 is 3.18 bits per heavy atom. The second-order valence-corrected chi connectivity index (χ2v) is 1.86. The van der Waals surface area contributed by atoms with Gasteiger partial charge in [0, 0.05) is 19.5 Å². The molecule has 1 rings (SSSR count). The van der Waals surface area contributed by atoms with E-state index >= 15 is 0 Å². The lowest BCUT2D eigenvalue weighted by Crippen LogP contribution is -2.11. The fourth-order valence-electron chi connectivity index (χ4n) is 0.695. The number of hydrazine groups is 1. The average Bonchev–Trinajstić information content (AvgIpc) is 2.06. The quantitative estimate of drug-likeness (QED) is 0.349. The molecule has 0 saturated carbocycles. The highest BCUT2D eigenvalue weighted by Gasteiger charge is 1.96. The first-order valence-corrected chi connectivity index (χ1v) is 3.07. The maximum absolute atomic E-state index is 5.18. The van der Waals surface area contributed by atoms with E-state index in [1.165, 1.54) is 6.33 Å². The fourth-order valence-corrected chi connectivity index (χ4v) is 0.695. The molecule has 0 aliphatic rings. The van der Waals surface area contributed by atoms with Crippen molar-refractivity contribution < 1.29 is 0 Å². The van der Waals surface area contributed by atoms with Gasteiger partial charge in [0.25, 0.3) is 0 Å². The van der Waals surface area contributed by atoms with E-state index in [1.54, 1.807) is 19.5 Å². The summed E-state index contributed by atoms with van der Waals surface area (Å²) >= 11 is 0. The molecule has 1 aromatic heterocycles. The van der Waals surface area contributed by atoms with Crippen molar-refractivity contribution in [1.82, 2.24) is 9.97 Å². The molecule has 0 saturated heterocycles. The number of anilines is 1. The summed E-state index contributed by atoms with van der Waals surface area (Å²) in [4.78, 5) is 11.5. The van der Waals surface area contributed by atoms with Gasteiger partial charge in [0.15, 0.2) is 5.82 Å². The van der Waals surface area contributed by atoms with Crippen LogP contribution in [0.4, 0.5) is 5.82 Å². The minimum atomic E-state index is 0.575. The van der Waals surface area contributed by atoms with Gasteiger partial charge in [-0.15, -0.1) is 0 Å². The van der Waals surface area contributed by atoms with Gasteiger partial charge in [-0.3, -0.25) is 4.99 Å². The largest absolute Gasteiger partial charge is 0.308 e. The zero-order chi connectivity index (χ0) is 8.10. The highest BCUT2D eigenvalue weighted by Crippen LogP contribution is 2.03. The molecular formula is C6H9N5. The lowest BCUT2D eigenvalue weighted by molar-refractivity contribution is 1.13. The molecular weight excluding hydrogens is 142 g/mol. The van der Waals surface area contributed by atoms with Gasteiger partial charge in [-0.05, 0) is 0 Å². The smallest absolute Gasteiger partial charge is 0.152 e. The van der Waals surface area contributed by atoms with E-state index in [-0.39, 0.29) is 0 Å². The van der Waals surface area contributed by atoms with Crippen LogP contribution in [0.5, 0.6) is 0 Å². The summed E-state index contributed by atoms with van der Waals surface area (Å²) in [5.74, 6) is 5.75. The van der Waals surface area contributed by atoms with Crippen LogP contribution in [-0.2, 0) is 0 Å². The van der Waals surface area contributed by atoms with E-state index in [9.17, 15) is 0 Å². The topological polar surface area (TPSA) is 76.2 Å². The first kappa shape index (κ1) is 7.62. The van der Waals surface area contributed by atoms with Crippen molar-refractivity contribution in [2.45, 2.75) is 0 Å². The van der Waals surface area contributed by atoms with E-state index in [0.29, 0.717) is 5.82 Å². The van der Waals surface area contributed by atoms with Gasteiger partial charge in [0.1, 0.15) is 6.33 Å². The third kappa shape index (κ3) is 1.71. The molecule has 0 aliphatic heterocycles. The monoisotopic (exact) mass is 151 g/mol. The Kier molecular flexibility index (Phi) is 2.51. The van der Waals surface area contributed by atoms with Crippen LogP contribution in [0.2, 0.25) is 0 Å². The second kappa shape index (κ2) is 3.62. The van der Waals surface area contributed by atoms with Gasteiger partial charge in [0.2, 0.25) is 0 Å². The lowest BCUT2D eigenvalue weighted by atomic mass is 10.3. The molecule has 5 heteroatoms. The normalized spacial score (nSPS) is 10.4. The predicted molar refractivity (Wildman–Crippen MR) is 43.4 cm³/mol. The zero-order valence-corrected chi connectivity index (χ0v) is 6.15. The maximum Gasteiger partial charge on any atom is 0.152 e. The van der Waals surface area contributed by atoms with Gasteiger partial charge in [0.05, 0.1) is 5.56 Å². The molecule has 5 nitrogen and oxygen atoms in total. The summed E-state index contributed by atoms with van der Waals surface area (Å²) in [6, 6.07) is 0. The number of nitrogens with zero attached hydrogens (tertiary/aromatic N) is 3. The third-order valence-electron chi connectivity index (χ3n) is 1.15. The van der Waals surface area contributed by atoms with Crippen molar-refractivity contribution in [3.05, 3.63) is 18.1 Å². The summed E-state index contributed by atoms with van der Waals surface area (Å²) in [6.07, 6.45) is 4.69. The predicted octanol–water partition coefficient (Wildman–Crippen LogP) is -0.189. The average molecular weight is 151 g/mol. The number of nitrogens with two attached hydrogens (primary N) is 1. The summed E-state index contributed by atoms with van der Waals surface area (Å²) < 4.78 is 0. The van der Waals surface area contributed by atoms with E-state index in [0.717, 1.165) is 5.56 Å². The SMILES string of the molecule is CN=Cc1cncnc1NN. The standard InChI is InChI=1S/C6H9N5/c1-8-2-5-3-9-4-10-6(5)11-7/h2-4H,7H2,1H3,(H,9,10,11). The van der Waals surface area contributed by atoms with E-state index in [1.807, 2.05) is 0 Å². The van der Waals surface area contributed by atoms with Gasteiger partial charge >= 0.3 is 0 Å². The van der Waals surface area contributed by atoms with Crippen LogP contribution < -0.4 is 11.3 Å². The molecule has 3 N–H and O–H groups in total. The molecule has 0 bridgehead atoms. The summed E-state index contributed by atoms with van der Waals surface area (Å²) in [7, 11) is 1.67. The molecule has 0 unspecified atom stereocenters. The molecule has 0 spiro atoms. The minimum absolute atomic E-state index is 0.575. The highest BCUT2D eigenvalue weighted by atomic mass is 15.3. The highest BCUT2D eigenvalue weighted by molar-refractivity contribution is 5.85. The summed E-state index contributed by atoms with van der Waals surface area (Å²) in [5.41, 5.74) is 3.21. The van der Waals surface area contributed by atoms with Gasteiger partial charge < -0.3 is 5.43 Å². The van der Waals surface area contributed by atoms with Gasteiger partial charge in [-0.1, -0.05) is 0 Å². The zero-order valence-electron chi connectivity index (χ0n) is 6.15. The number of aromatic nitrogens is 2. The molecule has 11 heavy (non-hydrogen) atoms. The molecule has 0 aromatic carbocycles. The third-order valence-corrected chi connectivity index (χ3v) is 1.15. The van der Waals surface area contributed by atoms with Crippen molar-refractivity contribution in [2.24, 2.45) is 10.8 Å². The van der Waals surface area contributed by atoms with Crippen LogP contribution in [0.3, 0.4) is 0 Å². The number of rotatable bonds is 2. The van der Waals surface area contributed by atoms with Crippen LogP contribution in [0, 0.1) is 0 Å². The Labute approximate surface area is 64.4 Å².